The maximum atomic E-state index is 13.2. The Hall–Kier alpha value is -4.03. The SMILES string of the molecule is Cc1nc(-c2nnn(C)c2NC(=O)O[C@H](C)c2ccccc2C(F)(F)F)ccc1[N+](=O)[O-]. The van der Waals surface area contributed by atoms with E-state index in [1.54, 1.807) is 0 Å². The first-order valence-corrected chi connectivity index (χ1v) is 9.15. The van der Waals surface area contributed by atoms with Crippen molar-refractivity contribution in [3.05, 3.63) is 63.3 Å². The second-order valence-electron chi connectivity index (χ2n) is 6.73. The van der Waals surface area contributed by atoms with Crippen LogP contribution in [0.2, 0.25) is 0 Å². The number of amides is 1. The van der Waals surface area contributed by atoms with E-state index in [1.165, 1.54) is 55.9 Å². The maximum absolute atomic E-state index is 13.2. The van der Waals surface area contributed by atoms with Crippen molar-refractivity contribution in [2.45, 2.75) is 26.1 Å². The number of aromatic nitrogens is 4. The number of nitro groups is 1. The van der Waals surface area contributed by atoms with Crippen LogP contribution in [0.25, 0.3) is 11.4 Å². The Morgan fingerprint density at radius 2 is 1.94 bits per heavy atom. The van der Waals surface area contributed by atoms with Crippen LogP contribution in [0.3, 0.4) is 0 Å². The molecule has 0 radical (unpaired) electrons. The van der Waals surface area contributed by atoms with Gasteiger partial charge in [-0.05, 0) is 26.0 Å². The lowest BCUT2D eigenvalue weighted by Gasteiger charge is -2.19. The minimum atomic E-state index is -4.61. The third kappa shape index (κ3) is 4.66. The summed E-state index contributed by atoms with van der Waals surface area (Å²) in [7, 11) is 1.47. The summed E-state index contributed by atoms with van der Waals surface area (Å²) in [6.45, 7) is 2.76. The van der Waals surface area contributed by atoms with E-state index < -0.39 is 28.9 Å². The summed E-state index contributed by atoms with van der Waals surface area (Å²) in [6, 6.07) is 7.36. The molecule has 32 heavy (non-hydrogen) atoms. The maximum Gasteiger partial charge on any atom is 0.416 e. The van der Waals surface area contributed by atoms with Crippen molar-refractivity contribution >= 4 is 17.6 Å². The number of rotatable bonds is 5. The van der Waals surface area contributed by atoms with Gasteiger partial charge in [-0.3, -0.25) is 15.4 Å². The molecule has 10 nitrogen and oxygen atoms in total. The molecule has 0 aliphatic carbocycles. The second kappa shape index (κ2) is 8.61. The van der Waals surface area contributed by atoms with E-state index >= 15 is 0 Å². The Morgan fingerprint density at radius 1 is 1.25 bits per heavy atom. The van der Waals surface area contributed by atoms with Crippen molar-refractivity contribution in [3.8, 4) is 11.4 Å². The number of nitrogens with zero attached hydrogens (tertiary/aromatic N) is 5. The molecule has 3 aromatic rings. The Morgan fingerprint density at radius 3 is 2.56 bits per heavy atom. The van der Waals surface area contributed by atoms with Gasteiger partial charge in [0.2, 0.25) is 0 Å². The fourth-order valence-electron chi connectivity index (χ4n) is 3.01. The Kier molecular flexibility index (Phi) is 6.09. The number of anilines is 1. The fourth-order valence-corrected chi connectivity index (χ4v) is 3.01. The van der Waals surface area contributed by atoms with Gasteiger partial charge in [-0.2, -0.15) is 13.2 Å². The third-order valence-electron chi connectivity index (χ3n) is 4.53. The summed E-state index contributed by atoms with van der Waals surface area (Å²) in [6.07, 6.45) is -6.86. The molecule has 168 valence electrons. The Bertz CT molecular complexity index is 1180. The molecule has 2 heterocycles. The number of pyridine rings is 1. The number of nitrogens with one attached hydrogen (secondary N) is 1. The van der Waals surface area contributed by atoms with E-state index in [1.807, 2.05) is 0 Å². The molecule has 0 spiro atoms. The van der Waals surface area contributed by atoms with Gasteiger partial charge in [0.25, 0.3) is 5.69 Å². The van der Waals surface area contributed by atoms with Crippen LogP contribution in [-0.4, -0.2) is 31.0 Å². The minimum Gasteiger partial charge on any atom is -0.441 e. The van der Waals surface area contributed by atoms with Crippen LogP contribution in [0.15, 0.2) is 36.4 Å². The van der Waals surface area contributed by atoms with E-state index in [-0.39, 0.29) is 34.2 Å². The van der Waals surface area contributed by atoms with Crippen LogP contribution in [0.1, 0.15) is 29.8 Å². The molecule has 13 heteroatoms. The first kappa shape index (κ1) is 22.7. The molecule has 3 rings (SSSR count). The predicted molar refractivity (Wildman–Crippen MR) is 106 cm³/mol. The number of ether oxygens (including phenoxy) is 1. The van der Waals surface area contributed by atoms with Gasteiger partial charge >= 0.3 is 12.3 Å². The second-order valence-corrected chi connectivity index (χ2v) is 6.73. The summed E-state index contributed by atoms with van der Waals surface area (Å²) in [5.74, 6) is 0.0482. The average molecular weight is 450 g/mol. The average Bonchev–Trinajstić information content (AvgIpc) is 3.07. The van der Waals surface area contributed by atoms with Crippen molar-refractivity contribution in [3.63, 3.8) is 0 Å². The van der Waals surface area contributed by atoms with Crippen LogP contribution < -0.4 is 5.32 Å². The zero-order valence-corrected chi connectivity index (χ0v) is 17.0. The first-order chi connectivity index (χ1) is 15.0. The van der Waals surface area contributed by atoms with Crippen molar-refractivity contribution in [2.24, 2.45) is 7.05 Å². The summed E-state index contributed by atoms with van der Waals surface area (Å²) < 4.78 is 46.0. The monoisotopic (exact) mass is 450 g/mol. The number of carbonyl (C=O) groups excluding carboxylic acids is 1. The predicted octanol–water partition coefficient (Wildman–Crippen LogP) is 4.42. The summed E-state index contributed by atoms with van der Waals surface area (Å²) in [5.41, 5.74) is -0.870. The number of halogens is 3. The van der Waals surface area contributed by atoms with E-state index in [0.29, 0.717) is 0 Å². The summed E-state index contributed by atoms with van der Waals surface area (Å²) in [4.78, 5) is 26.9. The van der Waals surface area contributed by atoms with Crippen molar-refractivity contribution < 1.29 is 27.6 Å². The number of hydrogen-bond donors (Lipinski definition) is 1. The molecular formula is C19H17F3N6O4. The number of hydrogen-bond acceptors (Lipinski definition) is 7. The van der Waals surface area contributed by atoms with Crippen LogP contribution in [0.5, 0.6) is 0 Å². The molecule has 1 atom stereocenters. The van der Waals surface area contributed by atoms with E-state index in [0.717, 1.165) is 6.07 Å². The van der Waals surface area contributed by atoms with Crippen LogP contribution in [-0.2, 0) is 18.0 Å². The molecule has 2 aromatic heterocycles. The third-order valence-corrected chi connectivity index (χ3v) is 4.53. The Labute approximate surface area is 179 Å². The zero-order chi connectivity index (χ0) is 23.6. The smallest absolute Gasteiger partial charge is 0.416 e. The molecule has 0 aliphatic rings. The van der Waals surface area contributed by atoms with Gasteiger partial charge in [0, 0.05) is 18.7 Å². The van der Waals surface area contributed by atoms with Gasteiger partial charge in [-0.1, -0.05) is 23.4 Å². The van der Waals surface area contributed by atoms with Crippen LogP contribution in [0.4, 0.5) is 29.5 Å². The summed E-state index contributed by atoms with van der Waals surface area (Å²) in [5, 5.41) is 21.1. The van der Waals surface area contributed by atoms with Crippen molar-refractivity contribution in [2.75, 3.05) is 5.32 Å². The lowest BCUT2D eigenvalue weighted by atomic mass is 10.0. The van der Waals surface area contributed by atoms with Crippen molar-refractivity contribution in [1.82, 2.24) is 20.0 Å². The van der Waals surface area contributed by atoms with Gasteiger partial charge in [0.05, 0.1) is 16.2 Å². The zero-order valence-electron chi connectivity index (χ0n) is 17.0. The molecule has 0 fully saturated rings. The Balaban J connectivity index is 1.83. The lowest BCUT2D eigenvalue weighted by molar-refractivity contribution is -0.385. The fraction of sp³-hybridized carbons (Fsp3) is 0.263. The highest BCUT2D eigenvalue weighted by atomic mass is 19.4. The largest absolute Gasteiger partial charge is 0.441 e. The van der Waals surface area contributed by atoms with Gasteiger partial charge in [0.1, 0.15) is 11.8 Å². The standard InChI is InChI=1S/C19H17F3N6O4/c1-10-15(28(30)31)9-8-14(23-10)16-17(27(3)26-25-16)24-18(29)32-11(2)12-6-4-5-7-13(12)19(20,21)22/h4-9,11H,1-3H3,(H,24,29)/t11-/m1/s1. The molecule has 0 saturated carbocycles. The molecule has 0 aliphatic heterocycles. The van der Waals surface area contributed by atoms with Crippen LogP contribution in [0, 0.1) is 17.0 Å². The quantitative estimate of drug-likeness (QED) is 0.450. The molecule has 0 unspecified atom stereocenters. The van der Waals surface area contributed by atoms with E-state index in [2.05, 4.69) is 20.6 Å². The van der Waals surface area contributed by atoms with Crippen molar-refractivity contribution in [1.29, 1.82) is 0 Å². The first-order valence-electron chi connectivity index (χ1n) is 9.15. The highest BCUT2D eigenvalue weighted by Gasteiger charge is 2.35. The minimum absolute atomic E-state index is 0.0482. The van der Waals surface area contributed by atoms with E-state index in [9.17, 15) is 28.1 Å². The van der Waals surface area contributed by atoms with Crippen LogP contribution >= 0.6 is 0 Å². The number of carbonyl (C=O) groups is 1. The molecule has 1 N–H and O–H groups in total. The molecule has 1 amide bonds. The lowest BCUT2D eigenvalue weighted by Crippen LogP contribution is -2.20. The number of alkyl halides is 3. The highest BCUT2D eigenvalue weighted by Crippen LogP contribution is 2.35. The van der Waals surface area contributed by atoms with Gasteiger partial charge in [0.15, 0.2) is 11.5 Å². The van der Waals surface area contributed by atoms with E-state index in [4.69, 9.17) is 4.74 Å². The normalized spacial score (nSPS) is 12.3. The molecule has 1 aromatic carbocycles. The molecule has 0 bridgehead atoms. The number of aryl methyl sites for hydroxylation is 2. The van der Waals surface area contributed by atoms with Gasteiger partial charge in [-0.15, -0.1) is 5.10 Å². The van der Waals surface area contributed by atoms with Gasteiger partial charge in [-0.25, -0.2) is 14.5 Å². The topological polar surface area (TPSA) is 125 Å². The number of benzene rings is 1. The molecule has 0 saturated heterocycles. The molecular weight excluding hydrogens is 433 g/mol. The highest BCUT2D eigenvalue weighted by molar-refractivity contribution is 5.88. The van der Waals surface area contributed by atoms with Gasteiger partial charge < -0.3 is 4.74 Å². The summed E-state index contributed by atoms with van der Waals surface area (Å²) >= 11 is 0.